The zero-order valence-electron chi connectivity index (χ0n) is 11.6. The summed E-state index contributed by atoms with van der Waals surface area (Å²) in [4.78, 5) is 7.86. The predicted octanol–water partition coefficient (Wildman–Crippen LogP) is 3.35. The molecule has 0 unspecified atom stereocenters. The van der Waals surface area contributed by atoms with Crippen molar-refractivity contribution in [2.24, 2.45) is 4.99 Å². The van der Waals surface area contributed by atoms with Crippen LogP contribution in [0.5, 0.6) is 0 Å². The summed E-state index contributed by atoms with van der Waals surface area (Å²) in [5.74, 6) is 0.315. The minimum Gasteiger partial charge on any atom is -0.423 e. The minimum absolute atomic E-state index is 0.132. The third-order valence-electron chi connectivity index (χ3n) is 3.00. The first-order valence-electron chi connectivity index (χ1n) is 6.49. The molecule has 0 spiro atoms. The molecule has 1 aliphatic heterocycles. The van der Waals surface area contributed by atoms with Gasteiger partial charge in [-0.3, -0.25) is 10.2 Å². The maximum absolute atomic E-state index is 12.5. The van der Waals surface area contributed by atoms with Crippen molar-refractivity contribution in [1.82, 2.24) is 10.0 Å². The summed E-state index contributed by atoms with van der Waals surface area (Å²) in [5, 5.41) is 13.0. The molecule has 2 aromatic rings. The lowest BCUT2D eigenvalue weighted by atomic mass is 10.1. The van der Waals surface area contributed by atoms with Gasteiger partial charge in [0.1, 0.15) is 6.67 Å². The number of hydroxylamine groups is 2. The fourth-order valence-electron chi connectivity index (χ4n) is 1.93. The molecule has 0 aliphatic carbocycles. The minimum atomic E-state index is -4.38. The van der Waals surface area contributed by atoms with Crippen LogP contribution in [-0.4, -0.2) is 28.1 Å². The lowest BCUT2D eigenvalue weighted by Gasteiger charge is -2.14. The lowest BCUT2D eigenvalue weighted by Crippen LogP contribution is -2.19. The number of nitrogens with zero attached hydrogens (tertiary/aromatic N) is 3. The van der Waals surface area contributed by atoms with Crippen molar-refractivity contribution in [3.8, 4) is 11.3 Å². The van der Waals surface area contributed by atoms with E-state index in [9.17, 15) is 18.4 Å². The van der Waals surface area contributed by atoms with Crippen LogP contribution >= 0.6 is 0 Å². The van der Waals surface area contributed by atoms with Gasteiger partial charge in [-0.15, -0.1) is 0 Å². The Hall–Kier alpha value is -2.81. The van der Waals surface area contributed by atoms with Gasteiger partial charge in [-0.05, 0) is 12.1 Å². The van der Waals surface area contributed by atoms with Gasteiger partial charge < -0.3 is 9.73 Å². The van der Waals surface area contributed by atoms with Gasteiger partial charge in [-0.2, -0.15) is 13.2 Å². The molecule has 0 radical (unpaired) electrons. The normalized spacial score (nSPS) is 14.8. The number of oxazole rings is 1. The number of halogens is 3. The summed E-state index contributed by atoms with van der Waals surface area (Å²) >= 11 is 0. The van der Waals surface area contributed by atoms with E-state index in [1.807, 2.05) is 0 Å². The van der Waals surface area contributed by atoms with Crippen LogP contribution in [-0.2, 0) is 6.18 Å². The molecule has 2 N–H and O–H groups in total. The molecule has 0 saturated heterocycles. The number of aromatic nitrogens is 1. The van der Waals surface area contributed by atoms with Gasteiger partial charge in [0.05, 0.1) is 23.7 Å². The highest BCUT2D eigenvalue weighted by molar-refractivity contribution is 5.82. The zero-order valence-corrected chi connectivity index (χ0v) is 11.6. The average molecular weight is 324 g/mol. The topological polar surface area (TPSA) is 73.9 Å². The number of hydrogen-bond acceptors (Lipinski definition) is 6. The Kier molecular flexibility index (Phi) is 3.78. The van der Waals surface area contributed by atoms with Crippen LogP contribution in [0.4, 0.5) is 19.2 Å². The van der Waals surface area contributed by atoms with Gasteiger partial charge in [0.25, 0.3) is 6.01 Å². The molecule has 2 heterocycles. The highest BCUT2D eigenvalue weighted by Crippen LogP contribution is 2.31. The van der Waals surface area contributed by atoms with Crippen LogP contribution < -0.4 is 5.32 Å². The summed E-state index contributed by atoms with van der Waals surface area (Å²) in [6.07, 6.45) is -0.0957. The van der Waals surface area contributed by atoms with Crippen molar-refractivity contribution in [1.29, 1.82) is 0 Å². The molecule has 1 aliphatic rings. The number of allylic oxidation sites excluding steroid dienone is 1. The molecule has 3 rings (SSSR count). The standard InChI is InChI=1S/C14H11F3N4O2/c15-14(16,17)10-3-1-9(2-4-10)12-6-19-13(23-12)20-11-5-18-8-21(22)7-11/h1-7,22H,8H2,(H,19,20). The largest absolute Gasteiger partial charge is 0.423 e. The van der Waals surface area contributed by atoms with E-state index in [0.29, 0.717) is 17.0 Å². The van der Waals surface area contributed by atoms with E-state index in [1.165, 1.54) is 30.7 Å². The van der Waals surface area contributed by atoms with Crippen molar-refractivity contribution in [3.63, 3.8) is 0 Å². The SMILES string of the molecule is ON1C=C(Nc2ncc(-c3ccc(C(F)(F)F)cc3)o2)C=NC1. The maximum atomic E-state index is 12.5. The summed E-state index contributed by atoms with van der Waals surface area (Å²) in [6, 6.07) is 4.71. The quantitative estimate of drug-likeness (QED) is 0.906. The third kappa shape index (κ3) is 3.51. The summed E-state index contributed by atoms with van der Waals surface area (Å²) < 4.78 is 43.0. The third-order valence-corrected chi connectivity index (χ3v) is 3.00. The van der Waals surface area contributed by atoms with E-state index in [1.54, 1.807) is 0 Å². The van der Waals surface area contributed by atoms with Gasteiger partial charge in [-0.25, -0.2) is 10.0 Å². The lowest BCUT2D eigenvalue weighted by molar-refractivity contribution is -0.137. The molecule has 9 heteroatoms. The predicted molar refractivity (Wildman–Crippen MR) is 75.6 cm³/mol. The van der Waals surface area contributed by atoms with E-state index in [4.69, 9.17) is 4.42 Å². The molecule has 1 aromatic carbocycles. The van der Waals surface area contributed by atoms with E-state index >= 15 is 0 Å². The van der Waals surface area contributed by atoms with Crippen LogP contribution in [0.1, 0.15) is 5.56 Å². The second-order valence-electron chi connectivity index (χ2n) is 4.71. The average Bonchev–Trinajstić information content (AvgIpc) is 2.95. The highest BCUT2D eigenvalue weighted by Gasteiger charge is 2.30. The van der Waals surface area contributed by atoms with Gasteiger partial charge in [0, 0.05) is 11.8 Å². The number of hydrogen-bond donors (Lipinski definition) is 2. The first-order chi connectivity index (χ1) is 10.9. The van der Waals surface area contributed by atoms with Gasteiger partial charge in [0.15, 0.2) is 5.76 Å². The first-order valence-corrected chi connectivity index (χ1v) is 6.49. The van der Waals surface area contributed by atoms with Crippen molar-refractivity contribution >= 4 is 12.2 Å². The van der Waals surface area contributed by atoms with Crippen molar-refractivity contribution in [2.45, 2.75) is 6.18 Å². The molecule has 0 amide bonds. The Bertz CT molecular complexity index is 750. The summed E-state index contributed by atoms with van der Waals surface area (Å²) in [6.45, 7) is 0.133. The zero-order chi connectivity index (χ0) is 16.4. The van der Waals surface area contributed by atoms with Crippen molar-refractivity contribution in [3.05, 3.63) is 47.9 Å². The Morgan fingerprint density at radius 1 is 1.22 bits per heavy atom. The van der Waals surface area contributed by atoms with Gasteiger partial charge in [0.2, 0.25) is 0 Å². The van der Waals surface area contributed by atoms with Crippen LogP contribution in [0, 0.1) is 0 Å². The molecule has 0 bridgehead atoms. The molecular formula is C14H11F3N4O2. The number of anilines is 1. The van der Waals surface area contributed by atoms with Gasteiger partial charge >= 0.3 is 6.18 Å². The fourth-order valence-corrected chi connectivity index (χ4v) is 1.93. The van der Waals surface area contributed by atoms with E-state index in [2.05, 4.69) is 15.3 Å². The van der Waals surface area contributed by atoms with E-state index in [0.717, 1.165) is 17.2 Å². The van der Waals surface area contributed by atoms with Crippen LogP contribution in [0.25, 0.3) is 11.3 Å². The second kappa shape index (κ2) is 5.76. The number of nitrogens with one attached hydrogen (secondary N) is 1. The molecular weight excluding hydrogens is 313 g/mol. The first kappa shape index (κ1) is 15.1. The van der Waals surface area contributed by atoms with Crippen molar-refractivity contribution < 1.29 is 22.8 Å². The Morgan fingerprint density at radius 3 is 2.61 bits per heavy atom. The van der Waals surface area contributed by atoms with E-state index in [-0.39, 0.29) is 12.7 Å². The molecule has 0 saturated carbocycles. The number of rotatable bonds is 3. The Morgan fingerprint density at radius 2 is 1.96 bits per heavy atom. The molecule has 6 nitrogen and oxygen atoms in total. The molecule has 0 atom stereocenters. The number of aliphatic imine (C=N–C) groups is 1. The highest BCUT2D eigenvalue weighted by atomic mass is 19.4. The molecule has 0 fully saturated rings. The number of alkyl halides is 3. The Labute approximate surface area is 128 Å². The van der Waals surface area contributed by atoms with Crippen LogP contribution in [0.15, 0.2) is 51.8 Å². The van der Waals surface area contributed by atoms with Gasteiger partial charge in [-0.1, -0.05) is 12.1 Å². The van der Waals surface area contributed by atoms with Crippen LogP contribution in [0.3, 0.4) is 0 Å². The molecule has 23 heavy (non-hydrogen) atoms. The summed E-state index contributed by atoms with van der Waals surface area (Å²) in [5.41, 5.74) is 0.193. The maximum Gasteiger partial charge on any atom is 0.416 e. The van der Waals surface area contributed by atoms with Crippen molar-refractivity contribution in [2.75, 3.05) is 12.0 Å². The summed E-state index contributed by atoms with van der Waals surface area (Å²) in [7, 11) is 0. The number of benzene rings is 1. The second-order valence-corrected chi connectivity index (χ2v) is 4.71. The monoisotopic (exact) mass is 324 g/mol. The smallest absolute Gasteiger partial charge is 0.416 e. The molecule has 120 valence electrons. The Balaban J connectivity index is 1.75. The van der Waals surface area contributed by atoms with Crippen LogP contribution in [0.2, 0.25) is 0 Å². The fraction of sp³-hybridized carbons (Fsp3) is 0.143. The van der Waals surface area contributed by atoms with E-state index < -0.39 is 11.7 Å². The molecule has 1 aromatic heterocycles.